The highest BCUT2D eigenvalue weighted by atomic mass is 32.2. The summed E-state index contributed by atoms with van der Waals surface area (Å²) in [6.45, 7) is 0.570. The molecule has 1 aliphatic rings. The van der Waals surface area contributed by atoms with Crippen molar-refractivity contribution >= 4 is 15.8 Å². The SMILES string of the molecule is C#CCN(CC1CC1)S(=O)(=O)c1ccc(N)nc1. The largest absolute Gasteiger partial charge is 0.384 e. The Morgan fingerprint density at radius 3 is 2.72 bits per heavy atom. The number of sulfonamides is 1. The van der Waals surface area contributed by atoms with Gasteiger partial charge in [0.25, 0.3) is 0 Å². The molecule has 0 spiro atoms. The van der Waals surface area contributed by atoms with Gasteiger partial charge in [-0.2, -0.15) is 4.31 Å². The van der Waals surface area contributed by atoms with Crippen molar-refractivity contribution in [3.8, 4) is 12.3 Å². The Hall–Kier alpha value is -1.58. The Morgan fingerprint density at radius 2 is 2.22 bits per heavy atom. The minimum Gasteiger partial charge on any atom is -0.384 e. The van der Waals surface area contributed by atoms with Crippen LogP contribution in [0.3, 0.4) is 0 Å². The van der Waals surface area contributed by atoms with E-state index in [2.05, 4.69) is 10.9 Å². The first kappa shape index (κ1) is 12.9. The average molecular weight is 265 g/mol. The lowest BCUT2D eigenvalue weighted by atomic mass is 10.4. The van der Waals surface area contributed by atoms with Crippen molar-refractivity contribution < 1.29 is 8.42 Å². The van der Waals surface area contributed by atoms with Gasteiger partial charge in [-0.05, 0) is 30.9 Å². The van der Waals surface area contributed by atoms with Crippen LogP contribution in [0.2, 0.25) is 0 Å². The molecule has 1 aromatic heterocycles. The smallest absolute Gasteiger partial charge is 0.245 e. The van der Waals surface area contributed by atoms with Crippen LogP contribution in [0.4, 0.5) is 5.82 Å². The molecule has 5 nitrogen and oxygen atoms in total. The highest BCUT2D eigenvalue weighted by Crippen LogP contribution is 2.31. The molecule has 0 amide bonds. The van der Waals surface area contributed by atoms with Gasteiger partial charge in [0.1, 0.15) is 10.7 Å². The van der Waals surface area contributed by atoms with E-state index in [4.69, 9.17) is 12.2 Å². The summed E-state index contributed by atoms with van der Waals surface area (Å²) in [4.78, 5) is 3.94. The van der Waals surface area contributed by atoms with Gasteiger partial charge in [-0.15, -0.1) is 6.42 Å². The summed E-state index contributed by atoms with van der Waals surface area (Å²) in [5.41, 5.74) is 5.44. The van der Waals surface area contributed by atoms with Crippen LogP contribution in [0.5, 0.6) is 0 Å². The van der Waals surface area contributed by atoms with Crippen LogP contribution < -0.4 is 5.73 Å². The molecule has 2 N–H and O–H groups in total. The zero-order valence-corrected chi connectivity index (χ0v) is 10.7. The number of nitrogens with two attached hydrogens (primary N) is 1. The second kappa shape index (κ2) is 4.96. The molecule has 0 saturated heterocycles. The molecule has 1 aromatic rings. The Bertz CT molecular complexity index is 556. The van der Waals surface area contributed by atoms with Crippen LogP contribution in [0.1, 0.15) is 12.8 Å². The van der Waals surface area contributed by atoms with Gasteiger partial charge in [0.05, 0.1) is 6.54 Å². The highest BCUT2D eigenvalue weighted by molar-refractivity contribution is 7.89. The maximum Gasteiger partial charge on any atom is 0.245 e. The number of hydrogen-bond acceptors (Lipinski definition) is 4. The molecule has 0 bridgehead atoms. The van der Waals surface area contributed by atoms with Gasteiger partial charge in [0.15, 0.2) is 0 Å². The maximum absolute atomic E-state index is 12.3. The summed E-state index contributed by atoms with van der Waals surface area (Å²) in [7, 11) is -3.56. The zero-order chi connectivity index (χ0) is 13.2. The Morgan fingerprint density at radius 1 is 1.50 bits per heavy atom. The van der Waals surface area contributed by atoms with E-state index >= 15 is 0 Å². The van der Waals surface area contributed by atoms with E-state index in [0.717, 1.165) is 12.8 Å². The second-order valence-electron chi connectivity index (χ2n) is 4.36. The number of rotatable bonds is 5. The van der Waals surface area contributed by atoms with Crippen LogP contribution in [0.25, 0.3) is 0 Å². The predicted octanol–water partition coefficient (Wildman–Crippen LogP) is 0.698. The number of pyridine rings is 1. The first-order chi connectivity index (χ1) is 8.54. The Balaban J connectivity index is 2.26. The fourth-order valence-corrected chi connectivity index (χ4v) is 3.01. The van der Waals surface area contributed by atoms with Crippen molar-refractivity contribution in [2.24, 2.45) is 5.92 Å². The van der Waals surface area contributed by atoms with Gasteiger partial charge >= 0.3 is 0 Å². The summed E-state index contributed by atoms with van der Waals surface area (Å²) in [6.07, 6.45) is 8.63. The molecular weight excluding hydrogens is 250 g/mol. The van der Waals surface area contributed by atoms with E-state index in [-0.39, 0.29) is 11.4 Å². The number of hydrogen-bond donors (Lipinski definition) is 1. The second-order valence-corrected chi connectivity index (χ2v) is 6.30. The third-order valence-electron chi connectivity index (χ3n) is 2.82. The first-order valence-electron chi connectivity index (χ1n) is 5.69. The summed E-state index contributed by atoms with van der Waals surface area (Å²) in [5.74, 6) is 3.12. The van der Waals surface area contributed by atoms with Gasteiger partial charge < -0.3 is 5.73 Å². The summed E-state index contributed by atoms with van der Waals surface area (Å²) < 4.78 is 26.0. The minimum atomic E-state index is -3.56. The molecule has 0 atom stereocenters. The van der Waals surface area contributed by atoms with Crippen molar-refractivity contribution in [2.45, 2.75) is 17.7 Å². The number of nitrogens with zero attached hydrogens (tertiary/aromatic N) is 2. The standard InChI is InChI=1S/C12H15N3O2S/c1-2-7-15(9-10-3-4-10)18(16,17)11-5-6-12(13)14-8-11/h1,5-6,8,10H,3-4,7,9H2,(H2,13,14). The fourth-order valence-electron chi connectivity index (χ4n) is 1.63. The van der Waals surface area contributed by atoms with Gasteiger partial charge in [-0.3, -0.25) is 0 Å². The van der Waals surface area contributed by atoms with E-state index in [1.807, 2.05) is 0 Å². The molecular formula is C12H15N3O2S. The van der Waals surface area contributed by atoms with Crippen LogP contribution in [0.15, 0.2) is 23.2 Å². The lowest BCUT2D eigenvalue weighted by Gasteiger charge is -2.19. The van der Waals surface area contributed by atoms with Crippen molar-refractivity contribution in [2.75, 3.05) is 18.8 Å². The quantitative estimate of drug-likeness (QED) is 0.795. The van der Waals surface area contributed by atoms with Crippen molar-refractivity contribution in [1.82, 2.24) is 9.29 Å². The monoisotopic (exact) mass is 265 g/mol. The third kappa shape index (κ3) is 2.81. The highest BCUT2D eigenvalue weighted by Gasteiger charge is 2.31. The van der Waals surface area contributed by atoms with Crippen LogP contribution >= 0.6 is 0 Å². The predicted molar refractivity (Wildman–Crippen MR) is 69.0 cm³/mol. The zero-order valence-electron chi connectivity index (χ0n) is 9.91. The van der Waals surface area contributed by atoms with Gasteiger partial charge in [0.2, 0.25) is 10.0 Å². The fraction of sp³-hybridized carbons (Fsp3) is 0.417. The minimum absolute atomic E-state index is 0.0865. The lowest BCUT2D eigenvalue weighted by molar-refractivity contribution is 0.430. The molecule has 2 rings (SSSR count). The number of anilines is 1. The average Bonchev–Trinajstić information content (AvgIpc) is 3.13. The lowest BCUT2D eigenvalue weighted by Crippen LogP contribution is -2.33. The molecule has 1 saturated carbocycles. The summed E-state index contributed by atoms with van der Waals surface area (Å²) >= 11 is 0. The molecule has 96 valence electrons. The molecule has 1 heterocycles. The maximum atomic E-state index is 12.3. The van der Waals surface area contributed by atoms with E-state index in [1.54, 1.807) is 0 Å². The van der Waals surface area contributed by atoms with Crippen LogP contribution in [0, 0.1) is 18.3 Å². The Kier molecular flexibility index (Phi) is 3.55. The normalized spacial score (nSPS) is 15.6. The van der Waals surface area contributed by atoms with Crippen molar-refractivity contribution in [3.63, 3.8) is 0 Å². The van der Waals surface area contributed by atoms with Crippen LogP contribution in [-0.4, -0.2) is 30.8 Å². The molecule has 6 heteroatoms. The summed E-state index contributed by atoms with van der Waals surface area (Å²) in [5, 5.41) is 0. The van der Waals surface area contributed by atoms with Crippen LogP contribution in [-0.2, 0) is 10.0 Å². The molecule has 0 aromatic carbocycles. The molecule has 0 aliphatic heterocycles. The number of aromatic nitrogens is 1. The van der Waals surface area contributed by atoms with E-state index < -0.39 is 10.0 Å². The van der Waals surface area contributed by atoms with Crippen molar-refractivity contribution in [1.29, 1.82) is 0 Å². The summed E-state index contributed by atoms with van der Waals surface area (Å²) in [6, 6.07) is 2.92. The first-order valence-corrected chi connectivity index (χ1v) is 7.13. The topological polar surface area (TPSA) is 76.3 Å². The van der Waals surface area contributed by atoms with Gasteiger partial charge in [-0.1, -0.05) is 5.92 Å². The third-order valence-corrected chi connectivity index (χ3v) is 4.62. The molecule has 1 aliphatic carbocycles. The number of terminal acetylenes is 1. The van der Waals surface area contributed by atoms with E-state index in [9.17, 15) is 8.42 Å². The van der Waals surface area contributed by atoms with Gasteiger partial charge in [-0.25, -0.2) is 13.4 Å². The Labute approximate surface area is 107 Å². The van der Waals surface area contributed by atoms with Crippen molar-refractivity contribution in [3.05, 3.63) is 18.3 Å². The molecule has 0 radical (unpaired) electrons. The van der Waals surface area contributed by atoms with Gasteiger partial charge in [0, 0.05) is 12.7 Å². The molecule has 18 heavy (non-hydrogen) atoms. The number of nitrogen functional groups attached to an aromatic ring is 1. The van der Waals surface area contributed by atoms with E-state index in [0.29, 0.717) is 18.3 Å². The van der Waals surface area contributed by atoms with E-state index in [1.165, 1.54) is 22.6 Å². The molecule has 0 unspecified atom stereocenters. The molecule has 1 fully saturated rings.